The Morgan fingerprint density at radius 1 is 0.953 bits per heavy atom. The van der Waals surface area contributed by atoms with Crippen molar-refractivity contribution >= 4 is 50.5 Å². The molecule has 10 nitrogen and oxygen atoms in total. The summed E-state index contributed by atoms with van der Waals surface area (Å²) in [5, 5.41) is 18.5. The van der Waals surface area contributed by atoms with E-state index >= 15 is 0 Å². The van der Waals surface area contributed by atoms with Crippen LogP contribution in [0.3, 0.4) is 0 Å². The molecule has 0 radical (unpaired) electrons. The molecule has 2 heterocycles. The maximum absolute atomic E-state index is 14.2. The predicted molar refractivity (Wildman–Crippen MR) is 149 cm³/mol. The van der Waals surface area contributed by atoms with Gasteiger partial charge in [-0.2, -0.15) is 4.98 Å². The van der Waals surface area contributed by atoms with Gasteiger partial charge in [0.25, 0.3) is 0 Å². The third kappa shape index (κ3) is 6.42. The Labute approximate surface area is 245 Å². The Kier molecular flexibility index (Phi) is 8.02. The molecule has 220 valence electrons. The average Bonchev–Trinajstić information content (AvgIpc) is 3.43. The summed E-state index contributed by atoms with van der Waals surface area (Å²) in [4.78, 5) is 19.5. The van der Waals surface area contributed by atoms with E-state index in [1.807, 2.05) is 0 Å². The van der Waals surface area contributed by atoms with Crippen molar-refractivity contribution in [2.75, 3.05) is 16.4 Å². The SMILES string of the molecule is O=C(O)CS(=O)(=O)c1cccc(-c2cnc(Nc3ccc(F)c(Cl)c3)nc2-n2ccc(Nc3ccc(F)c(F)c3F)n2)c1. The van der Waals surface area contributed by atoms with Crippen LogP contribution in [0, 0.1) is 23.3 Å². The maximum Gasteiger partial charge on any atom is 0.319 e. The lowest BCUT2D eigenvalue weighted by molar-refractivity contribution is -0.134. The minimum atomic E-state index is -4.19. The van der Waals surface area contributed by atoms with E-state index in [2.05, 4.69) is 25.7 Å². The Morgan fingerprint density at radius 3 is 2.47 bits per heavy atom. The molecule has 43 heavy (non-hydrogen) atoms. The highest BCUT2D eigenvalue weighted by molar-refractivity contribution is 7.92. The van der Waals surface area contributed by atoms with E-state index < -0.39 is 44.8 Å². The molecule has 0 fully saturated rings. The van der Waals surface area contributed by atoms with Gasteiger partial charge in [0.05, 0.1) is 15.6 Å². The van der Waals surface area contributed by atoms with Crippen LogP contribution in [0.15, 0.2) is 78.0 Å². The van der Waals surface area contributed by atoms with Crippen molar-refractivity contribution < 1.29 is 35.9 Å². The highest BCUT2D eigenvalue weighted by Gasteiger charge is 2.21. The van der Waals surface area contributed by atoms with Gasteiger partial charge in [-0.15, -0.1) is 5.10 Å². The molecule has 0 aliphatic heterocycles. The van der Waals surface area contributed by atoms with Gasteiger partial charge in [0.1, 0.15) is 5.82 Å². The zero-order chi connectivity index (χ0) is 30.9. The Balaban J connectivity index is 1.58. The number of carbonyl (C=O) groups is 1. The minimum absolute atomic E-state index is 0.00656. The summed E-state index contributed by atoms with van der Waals surface area (Å²) >= 11 is 5.86. The highest BCUT2D eigenvalue weighted by Crippen LogP contribution is 2.30. The number of carboxylic acid groups (broad SMARTS) is 1. The van der Waals surface area contributed by atoms with Crippen molar-refractivity contribution in [3.05, 3.63) is 101 Å². The van der Waals surface area contributed by atoms with E-state index in [1.54, 1.807) is 0 Å². The summed E-state index contributed by atoms with van der Waals surface area (Å²) in [5.41, 5.74) is 0.459. The van der Waals surface area contributed by atoms with Gasteiger partial charge >= 0.3 is 5.97 Å². The van der Waals surface area contributed by atoms with Gasteiger partial charge in [-0.05, 0) is 48.0 Å². The normalized spacial score (nSPS) is 11.4. The molecule has 16 heteroatoms. The highest BCUT2D eigenvalue weighted by atomic mass is 35.5. The lowest BCUT2D eigenvalue weighted by atomic mass is 10.1. The van der Waals surface area contributed by atoms with Crippen LogP contribution < -0.4 is 10.6 Å². The molecule has 5 rings (SSSR count). The first-order valence-corrected chi connectivity index (χ1v) is 14.0. The van der Waals surface area contributed by atoms with Crippen molar-refractivity contribution in [3.8, 4) is 16.9 Å². The van der Waals surface area contributed by atoms with Crippen molar-refractivity contribution in [2.24, 2.45) is 0 Å². The number of benzene rings is 3. The van der Waals surface area contributed by atoms with Crippen LogP contribution in [-0.2, 0) is 14.6 Å². The number of nitrogens with zero attached hydrogens (tertiary/aromatic N) is 4. The Morgan fingerprint density at radius 2 is 1.72 bits per heavy atom. The van der Waals surface area contributed by atoms with Gasteiger partial charge in [0, 0.05) is 29.7 Å². The Hall–Kier alpha value is -5.02. The molecule has 0 saturated carbocycles. The molecule has 0 aliphatic rings. The predicted octanol–water partition coefficient (Wildman–Crippen LogP) is 5.88. The number of rotatable bonds is 9. The number of aliphatic carboxylic acids is 1. The number of anilines is 4. The standard InChI is InChI=1S/C27H17ClF4N6O4S/c28-18-11-15(4-5-19(18)29)34-27-33-12-17(14-2-1-3-16(10-14)43(41,42)13-23(39)40)26(36-27)38-9-8-22(37-38)35-21-7-6-20(30)24(31)25(21)32/h1-12H,13H2,(H,35,37)(H,39,40)(H,33,34,36). The van der Waals surface area contributed by atoms with Gasteiger partial charge in [-0.25, -0.2) is 35.6 Å². The van der Waals surface area contributed by atoms with Crippen molar-refractivity contribution in [1.82, 2.24) is 19.7 Å². The van der Waals surface area contributed by atoms with Crippen LogP contribution in [0.2, 0.25) is 5.02 Å². The number of hydrogen-bond acceptors (Lipinski definition) is 8. The quantitative estimate of drug-likeness (QED) is 0.134. The second-order valence-corrected chi connectivity index (χ2v) is 11.3. The monoisotopic (exact) mass is 632 g/mol. The molecular formula is C27H17ClF4N6O4S. The first-order valence-electron chi connectivity index (χ1n) is 12.0. The number of nitrogens with one attached hydrogen (secondary N) is 2. The van der Waals surface area contributed by atoms with Gasteiger partial charge in [-0.3, -0.25) is 4.79 Å². The van der Waals surface area contributed by atoms with Crippen molar-refractivity contribution in [1.29, 1.82) is 0 Å². The largest absolute Gasteiger partial charge is 0.480 e. The maximum atomic E-state index is 14.2. The molecule has 3 N–H and O–H groups in total. The molecular weight excluding hydrogens is 616 g/mol. The molecule has 0 unspecified atom stereocenters. The van der Waals surface area contributed by atoms with E-state index in [-0.39, 0.29) is 44.3 Å². The van der Waals surface area contributed by atoms with E-state index in [9.17, 15) is 30.8 Å². The third-order valence-corrected chi connectivity index (χ3v) is 7.75. The van der Waals surface area contributed by atoms with Gasteiger partial charge < -0.3 is 15.7 Å². The molecule has 5 aromatic rings. The number of sulfone groups is 1. The third-order valence-electron chi connectivity index (χ3n) is 5.87. The summed E-state index contributed by atoms with van der Waals surface area (Å²) in [6.07, 6.45) is 2.73. The van der Waals surface area contributed by atoms with Crippen LogP contribution in [0.4, 0.5) is 40.7 Å². The first-order chi connectivity index (χ1) is 20.4. The fraction of sp³-hybridized carbons (Fsp3) is 0.0370. The van der Waals surface area contributed by atoms with E-state index in [0.717, 1.165) is 18.2 Å². The summed E-state index contributed by atoms with van der Waals surface area (Å²) in [6, 6.07) is 12.4. The van der Waals surface area contributed by atoms with E-state index in [1.165, 1.54) is 59.5 Å². The van der Waals surface area contributed by atoms with Crippen LogP contribution >= 0.6 is 11.6 Å². The van der Waals surface area contributed by atoms with Crippen molar-refractivity contribution in [3.63, 3.8) is 0 Å². The second-order valence-electron chi connectivity index (χ2n) is 8.86. The lowest BCUT2D eigenvalue weighted by Gasteiger charge is -2.13. The van der Waals surface area contributed by atoms with Crippen molar-refractivity contribution in [2.45, 2.75) is 4.90 Å². The number of aromatic nitrogens is 4. The molecule has 0 bridgehead atoms. The summed E-state index contributed by atoms with van der Waals surface area (Å²) in [6.45, 7) is 0. The van der Waals surface area contributed by atoms with Gasteiger partial charge in [0.2, 0.25) is 5.95 Å². The number of carboxylic acids is 1. The zero-order valence-electron chi connectivity index (χ0n) is 21.4. The molecule has 0 saturated heterocycles. The molecule has 0 spiro atoms. The second kappa shape index (κ2) is 11.7. The lowest BCUT2D eigenvalue weighted by Crippen LogP contribution is -2.15. The van der Waals surface area contributed by atoms with Crippen LogP contribution in [0.1, 0.15) is 0 Å². The van der Waals surface area contributed by atoms with E-state index in [0.29, 0.717) is 5.69 Å². The number of halogens is 5. The molecule has 3 aromatic carbocycles. The van der Waals surface area contributed by atoms with Crippen LogP contribution in [-0.4, -0.2) is 45.0 Å². The van der Waals surface area contributed by atoms with E-state index in [4.69, 9.17) is 16.7 Å². The summed E-state index contributed by atoms with van der Waals surface area (Å²) in [5.74, 6) is -7.72. The number of hydrogen-bond donors (Lipinski definition) is 3. The summed E-state index contributed by atoms with van der Waals surface area (Å²) in [7, 11) is -4.19. The molecule has 0 aliphatic carbocycles. The fourth-order valence-corrected chi connectivity index (χ4v) is 5.15. The fourth-order valence-electron chi connectivity index (χ4n) is 3.89. The summed E-state index contributed by atoms with van der Waals surface area (Å²) < 4.78 is 81.3. The van der Waals surface area contributed by atoms with Gasteiger partial charge in [0.15, 0.2) is 44.7 Å². The Bertz CT molecular complexity index is 1990. The minimum Gasteiger partial charge on any atom is -0.480 e. The zero-order valence-corrected chi connectivity index (χ0v) is 23.0. The van der Waals surface area contributed by atoms with Gasteiger partial charge in [-0.1, -0.05) is 23.7 Å². The topological polar surface area (TPSA) is 139 Å². The van der Waals surface area contributed by atoms with Crippen LogP contribution in [0.5, 0.6) is 0 Å². The van der Waals surface area contributed by atoms with Crippen LogP contribution in [0.25, 0.3) is 16.9 Å². The smallest absolute Gasteiger partial charge is 0.319 e. The first kappa shape index (κ1) is 29.5. The molecule has 2 aromatic heterocycles. The average molecular weight is 633 g/mol. The molecule has 0 atom stereocenters. The molecule has 0 amide bonds.